The first-order valence-electron chi connectivity index (χ1n) is 2.62. The van der Waals surface area contributed by atoms with E-state index in [1.165, 1.54) is 0 Å². The minimum Gasteiger partial charge on any atom is -0.387 e. The highest BCUT2D eigenvalue weighted by molar-refractivity contribution is 7.86. The summed E-state index contributed by atoms with van der Waals surface area (Å²) in [6.07, 6.45) is 2.88. The lowest BCUT2D eigenvalue weighted by molar-refractivity contribution is 0.407. The minimum absolute atomic E-state index is 0.621. The second-order valence-electron chi connectivity index (χ2n) is 1.87. The third-order valence-corrected chi connectivity index (χ3v) is 1.44. The molecule has 0 aromatic rings. The van der Waals surface area contributed by atoms with Crippen molar-refractivity contribution >= 4 is 20.2 Å². The Labute approximate surface area is 71.0 Å². The fourth-order valence-electron chi connectivity index (χ4n) is 0.247. The van der Waals surface area contributed by atoms with Crippen LogP contribution in [0.5, 0.6) is 0 Å². The fraction of sp³-hybridized carbons (Fsp3) is 0.500. The molecule has 0 radical (unpaired) electrons. The highest BCUT2D eigenvalue weighted by atomic mass is 32.2. The molecule has 6 nitrogen and oxygen atoms in total. The molecule has 0 aromatic carbocycles. The molecule has 0 saturated carbocycles. The van der Waals surface area contributed by atoms with Crippen LogP contribution in [0.15, 0.2) is 12.5 Å². The molecule has 0 fully saturated rings. The van der Waals surface area contributed by atoms with E-state index in [1.807, 2.05) is 0 Å². The average molecular weight is 216 g/mol. The fourth-order valence-corrected chi connectivity index (χ4v) is 0.742. The average Bonchev–Trinajstić information content (AvgIpc) is 1.76. The van der Waals surface area contributed by atoms with Crippen LogP contribution >= 0.6 is 0 Å². The van der Waals surface area contributed by atoms with Crippen molar-refractivity contribution < 1.29 is 25.2 Å². The Kier molecular flexibility index (Phi) is 3.53. The molecule has 0 bridgehead atoms. The predicted molar refractivity (Wildman–Crippen MR) is 41.0 cm³/mol. The van der Waals surface area contributed by atoms with Gasteiger partial charge in [0.2, 0.25) is 0 Å². The molecule has 0 saturated heterocycles. The maximum absolute atomic E-state index is 10.3. The van der Waals surface area contributed by atoms with Crippen LogP contribution in [-0.4, -0.2) is 29.3 Å². The van der Waals surface area contributed by atoms with Gasteiger partial charge in [-0.2, -0.15) is 16.8 Å². The molecule has 0 aliphatic rings. The van der Waals surface area contributed by atoms with Crippen molar-refractivity contribution in [3.05, 3.63) is 12.5 Å². The number of rotatable bonds is 4. The standard InChI is InChI=1S/C4H8O6S2/c1-11(5,6)9-3-4-10-12(2,7)8/h3-4H,1-2H3/b4-3+. The van der Waals surface area contributed by atoms with Gasteiger partial charge in [0.1, 0.15) is 12.5 Å². The zero-order chi connectivity index (χ0) is 9.83. The van der Waals surface area contributed by atoms with Crippen molar-refractivity contribution in [2.45, 2.75) is 0 Å². The first-order chi connectivity index (χ1) is 5.21. The third-order valence-electron chi connectivity index (χ3n) is 0.516. The van der Waals surface area contributed by atoms with Gasteiger partial charge >= 0.3 is 20.2 Å². The van der Waals surface area contributed by atoms with E-state index in [0.29, 0.717) is 12.5 Å². The molecule has 0 heterocycles. The van der Waals surface area contributed by atoms with Crippen molar-refractivity contribution in [2.24, 2.45) is 0 Å². The summed E-state index contributed by atoms with van der Waals surface area (Å²) in [6.45, 7) is 0. The van der Waals surface area contributed by atoms with Crippen LogP contribution in [-0.2, 0) is 28.6 Å². The summed E-state index contributed by atoms with van der Waals surface area (Å²) in [4.78, 5) is 0. The van der Waals surface area contributed by atoms with Crippen LogP contribution in [0.4, 0.5) is 0 Å². The summed E-state index contributed by atoms with van der Waals surface area (Å²) in [5.74, 6) is 0. The van der Waals surface area contributed by atoms with Crippen LogP contribution in [0.25, 0.3) is 0 Å². The lowest BCUT2D eigenvalue weighted by Gasteiger charge is -1.95. The maximum Gasteiger partial charge on any atom is 0.305 e. The van der Waals surface area contributed by atoms with Gasteiger partial charge in [0, 0.05) is 0 Å². The topological polar surface area (TPSA) is 86.7 Å². The highest BCUT2D eigenvalue weighted by Crippen LogP contribution is 1.91. The van der Waals surface area contributed by atoms with Crippen molar-refractivity contribution in [2.75, 3.05) is 12.5 Å². The van der Waals surface area contributed by atoms with E-state index in [4.69, 9.17) is 0 Å². The molecule has 0 aliphatic carbocycles. The molecule has 0 aromatic heterocycles. The Morgan fingerprint density at radius 1 is 0.833 bits per heavy atom. The molecule has 0 aliphatic heterocycles. The third kappa shape index (κ3) is 9.24. The highest BCUT2D eigenvalue weighted by Gasteiger charge is 1.98. The van der Waals surface area contributed by atoms with Crippen LogP contribution in [0.2, 0.25) is 0 Å². The second-order valence-corrected chi connectivity index (χ2v) is 5.07. The number of hydrogen-bond acceptors (Lipinski definition) is 6. The van der Waals surface area contributed by atoms with Crippen molar-refractivity contribution in [1.29, 1.82) is 0 Å². The lowest BCUT2D eigenvalue weighted by Crippen LogP contribution is -1.99. The molecular weight excluding hydrogens is 208 g/mol. The Morgan fingerprint density at radius 3 is 1.25 bits per heavy atom. The summed E-state index contributed by atoms with van der Waals surface area (Å²) in [5.41, 5.74) is 0. The Morgan fingerprint density at radius 2 is 1.08 bits per heavy atom. The molecule has 0 spiro atoms. The number of hydrogen-bond donors (Lipinski definition) is 0. The van der Waals surface area contributed by atoms with E-state index in [-0.39, 0.29) is 0 Å². The Bertz CT molecular complexity index is 311. The zero-order valence-electron chi connectivity index (χ0n) is 6.42. The van der Waals surface area contributed by atoms with E-state index in [1.54, 1.807) is 0 Å². The molecule has 0 N–H and O–H groups in total. The van der Waals surface area contributed by atoms with Crippen LogP contribution < -0.4 is 0 Å². The molecular formula is C4H8O6S2. The van der Waals surface area contributed by atoms with Gasteiger partial charge in [0.05, 0.1) is 12.5 Å². The maximum atomic E-state index is 10.3. The van der Waals surface area contributed by atoms with E-state index < -0.39 is 20.2 Å². The lowest BCUT2D eigenvalue weighted by atomic mass is 11.1. The predicted octanol–water partition coefficient (Wildman–Crippen LogP) is -0.590. The zero-order valence-corrected chi connectivity index (χ0v) is 8.05. The first-order valence-corrected chi connectivity index (χ1v) is 6.25. The molecule has 12 heavy (non-hydrogen) atoms. The minimum atomic E-state index is -3.60. The SMILES string of the molecule is CS(=O)(=O)O/C=C/OS(C)(=O)=O. The Hall–Kier alpha value is -0.760. The van der Waals surface area contributed by atoms with Gasteiger partial charge in [0.25, 0.3) is 0 Å². The van der Waals surface area contributed by atoms with Gasteiger partial charge in [-0.1, -0.05) is 0 Å². The molecule has 72 valence electrons. The van der Waals surface area contributed by atoms with Crippen molar-refractivity contribution in [3.8, 4) is 0 Å². The smallest absolute Gasteiger partial charge is 0.305 e. The molecule has 8 heteroatoms. The van der Waals surface area contributed by atoms with Gasteiger partial charge < -0.3 is 8.37 Å². The Balaban J connectivity index is 3.98. The van der Waals surface area contributed by atoms with Gasteiger partial charge in [-0.15, -0.1) is 0 Å². The van der Waals surface area contributed by atoms with E-state index in [2.05, 4.69) is 8.37 Å². The summed E-state index contributed by atoms with van der Waals surface area (Å²) < 4.78 is 49.2. The quantitative estimate of drug-likeness (QED) is 0.461. The molecule has 0 atom stereocenters. The summed E-state index contributed by atoms with van der Waals surface area (Å²) in [7, 11) is -7.21. The normalized spacial score (nSPS) is 13.2. The van der Waals surface area contributed by atoms with Crippen LogP contribution in [0.3, 0.4) is 0 Å². The largest absolute Gasteiger partial charge is 0.387 e. The molecule has 0 rings (SSSR count). The second kappa shape index (κ2) is 3.76. The van der Waals surface area contributed by atoms with Crippen molar-refractivity contribution in [1.82, 2.24) is 0 Å². The molecule has 0 amide bonds. The van der Waals surface area contributed by atoms with E-state index >= 15 is 0 Å². The van der Waals surface area contributed by atoms with Crippen LogP contribution in [0, 0.1) is 0 Å². The van der Waals surface area contributed by atoms with Gasteiger partial charge in [-0.05, 0) is 0 Å². The monoisotopic (exact) mass is 216 g/mol. The van der Waals surface area contributed by atoms with Gasteiger partial charge in [-0.3, -0.25) is 0 Å². The summed E-state index contributed by atoms with van der Waals surface area (Å²) >= 11 is 0. The summed E-state index contributed by atoms with van der Waals surface area (Å²) in [6, 6.07) is 0. The summed E-state index contributed by atoms with van der Waals surface area (Å²) in [5, 5.41) is 0. The van der Waals surface area contributed by atoms with E-state index in [9.17, 15) is 16.8 Å². The van der Waals surface area contributed by atoms with E-state index in [0.717, 1.165) is 12.5 Å². The van der Waals surface area contributed by atoms with Crippen LogP contribution in [0.1, 0.15) is 0 Å². The van der Waals surface area contributed by atoms with Gasteiger partial charge in [-0.25, -0.2) is 0 Å². The van der Waals surface area contributed by atoms with Crippen molar-refractivity contribution in [3.63, 3.8) is 0 Å². The van der Waals surface area contributed by atoms with Gasteiger partial charge in [0.15, 0.2) is 0 Å². The molecule has 0 unspecified atom stereocenters. The first kappa shape index (κ1) is 11.2.